The molecule has 0 amide bonds. The molecule has 4 heteroatoms. The highest BCUT2D eigenvalue weighted by atomic mass is 16.0. The lowest BCUT2D eigenvalue weighted by Gasteiger charge is -2.50. The number of hydrogen-bond acceptors (Lipinski definition) is 2. The first-order valence-electron chi connectivity index (χ1n) is 5.55. The monoisotopic (exact) mass is 236 g/mol. The van der Waals surface area contributed by atoms with Crippen LogP contribution in [-0.4, -0.2) is 23.0 Å². The van der Waals surface area contributed by atoms with E-state index in [2.05, 4.69) is 41.5 Å². The predicted octanol–water partition coefficient (Wildman–Crippen LogP) is 0.866. The van der Waals surface area contributed by atoms with Crippen LogP contribution >= 0.6 is 0 Å². The summed E-state index contributed by atoms with van der Waals surface area (Å²) in [5.74, 6) is 0. The van der Waals surface area contributed by atoms with E-state index in [-0.39, 0.29) is 27.3 Å². The summed E-state index contributed by atoms with van der Waals surface area (Å²) in [7, 11) is 0. The minimum Gasteiger partial charge on any atom is -0.412 e. The van der Waals surface area contributed by atoms with Gasteiger partial charge in [0.05, 0.1) is 0 Å². The molecule has 0 spiro atoms. The molecule has 0 aliphatic heterocycles. The molecule has 4 nitrogen and oxygen atoms in total. The third-order valence-corrected chi connectivity index (χ3v) is 4.31. The Kier molecular flexibility index (Phi) is 8.66. The molecule has 0 unspecified atom stereocenters. The molecule has 0 saturated heterocycles. The maximum Gasteiger partial charge on any atom is 0.0154 e. The van der Waals surface area contributed by atoms with Crippen molar-refractivity contribution in [2.45, 2.75) is 59.9 Å². The second kappa shape index (κ2) is 6.55. The molecule has 16 heavy (non-hydrogen) atoms. The highest BCUT2D eigenvalue weighted by molar-refractivity contribution is 4.99. The zero-order valence-corrected chi connectivity index (χ0v) is 11.8. The van der Waals surface area contributed by atoms with Crippen molar-refractivity contribution in [1.29, 1.82) is 0 Å². The van der Waals surface area contributed by atoms with E-state index in [9.17, 15) is 0 Å². The van der Waals surface area contributed by atoms with Gasteiger partial charge < -0.3 is 22.4 Å². The summed E-state index contributed by atoms with van der Waals surface area (Å²) >= 11 is 0. The number of hydrogen-bond donors (Lipinski definition) is 2. The van der Waals surface area contributed by atoms with E-state index < -0.39 is 0 Å². The molecule has 102 valence electrons. The summed E-state index contributed by atoms with van der Waals surface area (Å²) in [6.45, 7) is 14.1. The smallest absolute Gasteiger partial charge is 0.0154 e. The maximum absolute atomic E-state index is 6.24. The van der Waals surface area contributed by atoms with E-state index in [0.717, 1.165) is 19.4 Å². The Bertz CT molecular complexity index is 184. The average Bonchev–Trinajstić information content (AvgIpc) is 1.98. The first-order valence-corrected chi connectivity index (χ1v) is 5.55. The zero-order valence-electron chi connectivity index (χ0n) is 11.8. The summed E-state index contributed by atoms with van der Waals surface area (Å²) in [4.78, 5) is 0. The van der Waals surface area contributed by atoms with Gasteiger partial charge in [-0.2, -0.15) is 0 Å². The predicted molar refractivity (Wildman–Crippen MR) is 71.3 cm³/mol. The highest BCUT2D eigenvalue weighted by Crippen LogP contribution is 2.47. The van der Waals surface area contributed by atoms with Gasteiger partial charge in [0.25, 0.3) is 0 Å². The third kappa shape index (κ3) is 4.37. The first kappa shape index (κ1) is 21.2. The molecular weight excluding hydrogens is 204 g/mol. The maximum atomic E-state index is 6.24. The van der Waals surface area contributed by atoms with Gasteiger partial charge in [0.1, 0.15) is 0 Å². The molecule has 0 rings (SSSR count). The summed E-state index contributed by atoms with van der Waals surface area (Å²) < 4.78 is 0. The molecule has 0 heterocycles. The van der Waals surface area contributed by atoms with Crippen LogP contribution in [0.3, 0.4) is 0 Å². The largest absolute Gasteiger partial charge is 0.412 e. The van der Waals surface area contributed by atoms with Gasteiger partial charge in [0, 0.05) is 5.54 Å². The van der Waals surface area contributed by atoms with Gasteiger partial charge in [-0.3, -0.25) is 0 Å². The molecule has 0 atom stereocenters. The summed E-state index contributed by atoms with van der Waals surface area (Å²) in [6.07, 6.45) is 2.21. The SMILES string of the molecule is CC(C)(N)C(C)(C)C(C)(C)CCCN.O.O. The lowest BCUT2D eigenvalue weighted by molar-refractivity contribution is 0.0269. The van der Waals surface area contributed by atoms with Crippen LogP contribution in [0, 0.1) is 10.8 Å². The summed E-state index contributed by atoms with van der Waals surface area (Å²) in [6, 6.07) is 0. The number of rotatable bonds is 5. The first-order chi connectivity index (χ1) is 6.06. The van der Waals surface area contributed by atoms with E-state index in [1.807, 2.05) is 0 Å². The standard InChI is InChI=1S/C12H28N2.2H2O/c1-10(2,8-7-9-13)11(3,4)12(5,6)14;;/h7-9,13-14H2,1-6H3;2*1H2. The molecule has 0 aliphatic rings. The van der Waals surface area contributed by atoms with Crippen molar-refractivity contribution >= 4 is 0 Å². The molecule has 0 aromatic heterocycles. The van der Waals surface area contributed by atoms with Gasteiger partial charge in [-0.15, -0.1) is 0 Å². The second-order valence-electron chi connectivity index (χ2n) is 6.12. The van der Waals surface area contributed by atoms with Crippen molar-refractivity contribution in [3.05, 3.63) is 0 Å². The van der Waals surface area contributed by atoms with E-state index in [1.54, 1.807) is 0 Å². The minimum absolute atomic E-state index is 0. The Morgan fingerprint density at radius 2 is 1.25 bits per heavy atom. The zero-order chi connectivity index (χ0) is 11.6. The van der Waals surface area contributed by atoms with Crippen molar-refractivity contribution in [3.8, 4) is 0 Å². The van der Waals surface area contributed by atoms with Gasteiger partial charge in [-0.05, 0) is 44.1 Å². The van der Waals surface area contributed by atoms with Crippen molar-refractivity contribution < 1.29 is 11.0 Å². The quantitative estimate of drug-likeness (QED) is 0.737. The fourth-order valence-corrected chi connectivity index (χ4v) is 1.73. The van der Waals surface area contributed by atoms with Gasteiger partial charge in [0.15, 0.2) is 0 Å². The molecule has 0 fully saturated rings. The fraction of sp³-hybridized carbons (Fsp3) is 1.00. The van der Waals surface area contributed by atoms with Crippen LogP contribution in [0.1, 0.15) is 54.4 Å². The van der Waals surface area contributed by atoms with Crippen LogP contribution in [0.25, 0.3) is 0 Å². The van der Waals surface area contributed by atoms with Crippen LogP contribution in [0.2, 0.25) is 0 Å². The molecule has 0 aliphatic carbocycles. The van der Waals surface area contributed by atoms with Crippen molar-refractivity contribution in [2.75, 3.05) is 6.54 Å². The Balaban J connectivity index is -0.000000845. The fourth-order valence-electron chi connectivity index (χ4n) is 1.73. The summed E-state index contributed by atoms with van der Waals surface area (Å²) in [5, 5.41) is 0. The third-order valence-electron chi connectivity index (χ3n) is 4.31. The van der Waals surface area contributed by atoms with Crippen molar-refractivity contribution in [1.82, 2.24) is 0 Å². The van der Waals surface area contributed by atoms with Gasteiger partial charge in [0.2, 0.25) is 0 Å². The molecule has 0 radical (unpaired) electrons. The van der Waals surface area contributed by atoms with Gasteiger partial charge >= 0.3 is 0 Å². The molecule has 0 saturated carbocycles. The molecule has 8 N–H and O–H groups in total. The number of nitrogens with two attached hydrogens (primary N) is 2. The lowest BCUT2D eigenvalue weighted by Crippen LogP contribution is -2.54. The van der Waals surface area contributed by atoms with Crippen LogP contribution in [0.5, 0.6) is 0 Å². The Labute approximate surface area is 100 Å². The summed E-state index contributed by atoms with van der Waals surface area (Å²) in [5.41, 5.74) is 12.0. The Hall–Kier alpha value is -0.160. The molecule has 0 aromatic rings. The van der Waals surface area contributed by atoms with Crippen molar-refractivity contribution in [3.63, 3.8) is 0 Å². The minimum atomic E-state index is -0.162. The average molecular weight is 236 g/mol. The normalized spacial score (nSPS) is 12.8. The van der Waals surface area contributed by atoms with Crippen LogP contribution in [-0.2, 0) is 0 Å². The Morgan fingerprint density at radius 3 is 1.50 bits per heavy atom. The van der Waals surface area contributed by atoms with E-state index in [4.69, 9.17) is 11.5 Å². The van der Waals surface area contributed by atoms with Crippen LogP contribution < -0.4 is 11.5 Å². The highest BCUT2D eigenvalue weighted by Gasteiger charge is 2.45. The van der Waals surface area contributed by atoms with E-state index >= 15 is 0 Å². The van der Waals surface area contributed by atoms with E-state index in [0.29, 0.717) is 0 Å². The van der Waals surface area contributed by atoms with Crippen molar-refractivity contribution in [2.24, 2.45) is 22.3 Å². The second-order valence-corrected chi connectivity index (χ2v) is 6.12. The topological polar surface area (TPSA) is 115 Å². The molecule has 0 aromatic carbocycles. The van der Waals surface area contributed by atoms with Gasteiger partial charge in [-0.25, -0.2) is 0 Å². The Morgan fingerprint density at radius 1 is 0.875 bits per heavy atom. The molecular formula is C12H32N2O2. The van der Waals surface area contributed by atoms with Crippen LogP contribution in [0.15, 0.2) is 0 Å². The van der Waals surface area contributed by atoms with Crippen LogP contribution in [0.4, 0.5) is 0 Å². The van der Waals surface area contributed by atoms with Gasteiger partial charge in [-0.1, -0.05) is 27.7 Å². The lowest BCUT2D eigenvalue weighted by atomic mass is 9.57. The molecule has 0 bridgehead atoms. The van der Waals surface area contributed by atoms with E-state index in [1.165, 1.54) is 0 Å².